The number of ether oxygens (including phenoxy) is 1. The fourth-order valence-electron chi connectivity index (χ4n) is 2.46. The van der Waals surface area contributed by atoms with Gasteiger partial charge in [-0.05, 0) is 31.0 Å². The van der Waals surface area contributed by atoms with Crippen molar-refractivity contribution in [2.75, 3.05) is 13.2 Å². The van der Waals surface area contributed by atoms with Crippen LogP contribution in [0, 0.1) is 6.92 Å². The minimum Gasteiger partial charge on any atom is -0.480 e. The maximum absolute atomic E-state index is 12.0. The summed E-state index contributed by atoms with van der Waals surface area (Å²) in [7, 11) is 0. The summed E-state index contributed by atoms with van der Waals surface area (Å²) in [6.45, 7) is 5.67. The first-order valence-corrected chi connectivity index (χ1v) is 7.78. The lowest BCUT2D eigenvalue weighted by atomic mass is 10.1. The highest BCUT2D eigenvalue weighted by atomic mass is 16.5. The molecule has 1 aromatic heterocycles. The van der Waals surface area contributed by atoms with Crippen molar-refractivity contribution in [1.82, 2.24) is 10.3 Å². The number of carbonyl (C=O) groups excluding carboxylic acids is 1. The van der Waals surface area contributed by atoms with E-state index < -0.39 is 12.0 Å². The molecule has 0 aliphatic rings. The summed E-state index contributed by atoms with van der Waals surface area (Å²) in [4.78, 5) is 26.4. The number of aryl methyl sites for hydroxylation is 2. The first kappa shape index (κ1) is 17.7. The van der Waals surface area contributed by atoms with Crippen LogP contribution in [0.1, 0.15) is 17.5 Å². The smallest absolute Gasteiger partial charge is 0.328 e. The van der Waals surface area contributed by atoms with Crippen molar-refractivity contribution < 1.29 is 19.4 Å². The van der Waals surface area contributed by atoms with Crippen LogP contribution in [0.5, 0.6) is 0 Å². The second-order valence-electron chi connectivity index (χ2n) is 5.65. The number of carboxylic acid groups (broad SMARTS) is 1. The Morgan fingerprint density at radius 1 is 1.46 bits per heavy atom. The number of amides is 1. The molecule has 0 fully saturated rings. The summed E-state index contributed by atoms with van der Waals surface area (Å²) in [5.74, 6) is -1.43. The lowest BCUT2D eigenvalue weighted by molar-refractivity contribution is -0.143. The van der Waals surface area contributed by atoms with Gasteiger partial charge in [0.1, 0.15) is 0 Å². The molecule has 0 saturated heterocycles. The Labute approximate surface area is 140 Å². The van der Waals surface area contributed by atoms with Crippen molar-refractivity contribution in [2.45, 2.75) is 25.8 Å². The van der Waals surface area contributed by atoms with Crippen LogP contribution < -0.4 is 5.32 Å². The number of hydrogen-bond acceptors (Lipinski definition) is 3. The van der Waals surface area contributed by atoms with Gasteiger partial charge in [-0.25, -0.2) is 4.79 Å². The maximum Gasteiger partial charge on any atom is 0.328 e. The number of H-pyrrole nitrogens is 1. The van der Waals surface area contributed by atoms with Crippen LogP contribution in [0.25, 0.3) is 10.9 Å². The van der Waals surface area contributed by atoms with Crippen molar-refractivity contribution in [1.29, 1.82) is 0 Å². The predicted molar refractivity (Wildman–Crippen MR) is 91.9 cm³/mol. The van der Waals surface area contributed by atoms with Crippen molar-refractivity contribution in [3.05, 3.63) is 48.2 Å². The van der Waals surface area contributed by atoms with Crippen LogP contribution in [-0.4, -0.2) is 41.2 Å². The molecule has 1 unspecified atom stereocenters. The zero-order chi connectivity index (χ0) is 17.5. The summed E-state index contributed by atoms with van der Waals surface area (Å²) < 4.78 is 5.11. The molecule has 0 saturated carbocycles. The van der Waals surface area contributed by atoms with Gasteiger partial charge in [0.15, 0.2) is 6.04 Å². The number of carboxylic acids is 1. The van der Waals surface area contributed by atoms with Gasteiger partial charge in [-0.15, -0.1) is 6.58 Å². The molecule has 1 heterocycles. The van der Waals surface area contributed by atoms with E-state index in [-0.39, 0.29) is 25.5 Å². The molecule has 2 aromatic rings. The molecule has 24 heavy (non-hydrogen) atoms. The summed E-state index contributed by atoms with van der Waals surface area (Å²) in [5.41, 5.74) is 3.22. The minimum atomic E-state index is -1.12. The topological polar surface area (TPSA) is 91.4 Å². The third-order valence-electron chi connectivity index (χ3n) is 3.70. The van der Waals surface area contributed by atoms with Crippen LogP contribution in [0.3, 0.4) is 0 Å². The van der Waals surface area contributed by atoms with Gasteiger partial charge in [-0.1, -0.05) is 17.7 Å². The molecule has 1 aromatic carbocycles. The number of aromatic amines is 1. The van der Waals surface area contributed by atoms with Crippen LogP contribution in [0.4, 0.5) is 0 Å². The zero-order valence-corrected chi connectivity index (χ0v) is 13.7. The molecule has 6 nitrogen and oxygen atoms in total. The average molecular weight is 330 g/mol. The second-order valence-corrected chi connectivity index (χ2v) is 5.65. The highest BCUT2D eigenvalue weighted by Crippen LogP contribution is 2.20. The van der Waals surface area contributed by atoms with Crippen molar-refractivity contribution in [3.8, 4) is 0 Å². The Bertz CT molecular complexity index is 736. The molecule has 0 bridgehead atoms. The fraction of sp³-hybridized carbons (Fsp3) is 0.333. The molecular weight excluding hydrogens is 308 g/mol. The van der Waals surface area contributed by atoms with Gasteiger partial charge in [0.25, 0.3) is 0 Å². The molecular formula is C18H22N2O4. The average Bonchev–Trinajstić information content (AvgIpc) is 2.94. The van der Waals surface area contributed by atoms with Crippen molar-refractivity contribution >= 4 is 22.8 Å². The summed E-state index contributed by atoms with van der Waals surface area (Å²) in [6.07, 6.45) is 4.17. The van der Waals surface area contributed by atoms with E-state index >= 15 is 0 Å². The predicted octanol–water partition coefficient (Wildman–Crippen LogP) is 2.18. The lowest BCUT2D eigenvalue weighted by Gasteiger charge is -2.14. The van der Waals surface area contributed by atoms with Crippen LogP contribution in [0.2, 0.25) is 0 Å². The maximum atomic E-state index is 12.0. The van der Waals surface area contributed by atoms with E-state index in [1.807, 2.05) is 25.3 Å². The molecule has 6 heteroatoms. The van der Waals surface area contributed by atoms with Crippen molar-refractivity contribution in [2.24, 2.45) is 0 Å². The Kier molecular flexibility index (Phi) is 6.14. The van der Waals surface area contributed by atoms with Gasteiger partial charge in [0.2, 0.25) is 5.91 Å². The van der Waals surface area contributed by atoms with Gasteiger partial charge in [-0.3, -0.25) is 4.79 Å². The second kappa shape index (κ2) is 8.31. The van der Waals surface area contributed by atoms with E-state index in [2.05, 4.69) is 22.9 Å². The third kappa shape index (κ3) is 4.70. The van der Waals surface area contributed by atoms with Crippen LogP contribution >= 0.6 is 0 Å². The van der Waals surface area contributed by atoms with Gasteiger partial charge in [0.05, 0.1) is 13.2 Å². The Morgan fingerprint density at radius 3 is 2.96 bits per heavy atom. The number of benzene rings is 1. The zero-order valence-electron chi connectivity index (χ0n) is 13.7. The highest BCUT2D eigenvalue weighted by molar-refractivity contribution is 5.86. The van der Waals surface area contributed by atoms with Gasteiger partial charge >= 0.3 is 5.97 Å². The number of aliphatic carboxylic acids is 1. The number of nitrogens with one attached hydrogen (secondary N) is 2. The number of aromatic nitrogens is 1. The molecule has 3 N–H and O–H groups in total. The molecule has 0 aliphatic heterocycles. The molecule has 2 rings (SSSR count). The molecule has 0 spiro atoms. The molecule has 128 valence electrons. The SMILES string of the molecule is C=CCOCC(NC(=O)CCc1c[nH]c2ccc(C)cc12)C(=O)O. The number of rotatable bonds is 9. The van der Waals surface area contributed by atoms with E-state index in [1.54, 1.807) is 0 Å². The first-order valence-electron chi connectivity index (χ1n) is 7.78. The largest absolute Gasteiger partial charge is 0.480 e. The molecule has 1 atom stereocenters. The van der Waals surface area contributed by atoms with E-state index in [9.17, 15) is 9.59 Å². The molecule has 0 aliphatic carbocycles. The third-order valence-corrected chi connectivity index (χ3v) is 3.70. The van der Waals surface area contributed by atoms with Gasteiger partial charge in [-0.2, -0.15) is 0 Å². The molecule has 0 radical (unpaired) electrons. The van der Waals surface area contributed by atoms with Crippen LogP contribution in [-0.2, 0) is 20.7 Å². The summed E-state index contributed by atoms with van der Waals surface area (Å²) in [6, 6.07) is 5.05. The lowest BCUT2D eigenvalue weighted by Crippen LogP contribution is -2.44. The quantitative estimate of drug-likeness (QED) is 0.485. The first-order chi connectivity index (χ1) is 11.5. The van der Waals surface area contributed by atoms with E-state index in [1.165, 1.54) is 6.08 Å². The number of carbonyl (C=O) groups is 2. The normalized spacial score (nSPS) is 12.0. The Hall–Kier alpha value is -2.60. The number of hydrogen-bond donors (Lipinski definition) is 3. The van der Waals surface area contributed by atoms with E-state index in [0.717, 1.165) is 22.0 Å². The number of fused-ring (bicyclic) bond motifs is 1. The summed E-state index contributed by atoms with van der Waals surface area (Å²) in [5, 5.41) is 12.7. The Morgan fingerprint density at radius 2 is 2.25 bits per heavy atom. The minimum absolute atomic E-state index is 0.0840. The molecule has 1 amide bonds. The summed E-state index contributed by atoms with van der Waals surface area (Å²) >= 11 is 0. The van der Waals surface area contributed by atoms with Gasteiger partial charge in [0, 0.05) is 23.5 Å². The monoisotopic (exact) mass is 330 g/mol. The van der Waals surface area contributed by atoms with Crippen LogP contribution in [0.15, 0.2) is 37.1 Å². The van der Waals surface area contributed by atoms with E-state index in [4.69, 9.17) is 9.84 Å². The van der Waals surface area contributed by atoms with Gasteiger partial charge < -0.3 is 20.1 Å². The highest BCUT2D eigenvalue weighted by Gasteiger charge is 2.20. The van der Waals surface area contributed by atoms with E-state index in [0.29, 0.717) is 6.42 Å². The fourth-order valence-corrected chi connectivity index (χ4v) is 2.46. The Balaban J connectivity index is 1.92. The van der Waals surface area contributed by atoms with Crippen molar-refractivity contribution in [3.63, 3.8) is 0 Å². The standard InChI is InChI=1S/C18H22N2O4/c1-3-8-24-11-16(18(22)23)20-17(21)7-5-13-10-19-15-6-4-12(2)9-14(13)15/h3-4,6,9-10,16,19H,1,5,7-8,11H2,2H3,(H,20,21)(H,22,23).